The lowest BCUT2D eigenvalue weighted by Gasteiger charge is -2.08. The van der Waals surface area contributed by atoms with E-state index in [0.717, 1.165) is 18.8 Å². The minimum Gasteiger partial charge on any atom is -0.497 e. The Labute approximate surface area is 83.8 Å². The summed E-state index contributed by atoms with van der Waals surface area (Å²) in [6.45, 7) is 0.817. The maximum atomic E-state index is 5.93. The Morgan fingerprint density at radius 3 is 2.64 bits per heavy atom. The summed E-state index contributed by atoms with van der Waals surface area (Å²) in [7, 11) is 1.67. The van der Waals surface area contributed by atoms with E-state index in [-0.39, 0.29) is 12.1 Å². The molecule has 1 fully saturated rings. The van der Waals surface area contributed by atoms with Crippen molar-refractivity contribution in [2.75, 3.05) is 13.7 Å². The van der Waals surface area contributed by atoms with Crippen LogP contribution in [0.25, 0.3) is 0 Å². The van der Waals surface area contributed by atoms with Gasteiger partial charge in [-0.1, -0.05) is 12.1 Å². The molecule has 0 radical (unpaired) electrons. The first-order chi connectivity index (χ1) is 6.79. The van der Waals surface area contributed by atoms with Gasteiger partial charge in [-0.05, 0) is 24.1 Å². The van der Waals surface area contributed by atoms with Crippen molar-refractivity contribution < 1.29 is 9.47 Å². The normalized spacial score (nSPS) is 21.7. The van der Waals surface area contributed by atoms with Crippen LogP contribution in [0.3, 0.4) is 0 Å². The Morgan fingerprint density at radius 1 is 1.50 bits per heavy atom. The molecule has 1 aliphatic rings. The number of epoxide rings is 1. The van der Waals surface area contributed by atoms with Gasteiger partial charge in [0.2, 0.25) is 0 Å². The summed E-state index contributed by atoms with van der Waals surface area (Å²) in [4.78, 5) is 0. The van der Waals surface area contributed by atoms with Gasteiger partial charge in [0, 0.05) is 6.04 Å². The highest BCUT2D eigenvalue weighted by molar-refractivity contribution is 5.27. The van der Waals surface area contributed by atoms with Gasteiger partial charge in [0.25, 0.3) is 0 Å². The summed E-state index contributed by atoms with van der Waals surface area (Å²) < 4.78 is 10.2. The second-order valence-electron chi connectivity index (χ2n) is 3.59. The Kier molecular flexibility index (Phi) is 2.70. The van der Waals surface area contributed by atoms with Crippen LogP contribution >= 0.6 is 0 Å². The fraction of sp³-hybridized carbons (Fsp3) is 0.455. The minimum absolute atomic E-state index is 0.128. The van der Waals surface area contributed by atoms with Crippen LogP contribution in [0.15, 0.2) is 24.3 Å². The van der Waals surface area contributed by atoms with E-state index in [2.05, 4.69) is 0 Å². The summed E-state index contributed by atoms with van der Waals surface area (Å²) in [6.07, 6.45) is 1.14. The van der Waals surface area contributed by atoms with Crippen LogP contribution in [0.5, 0.6) is 5.75 Å². The molecule has 0 unspecified atom stereocenters. The van der Waals surface area contributed by atoms with Crippen molar-refractivity contribution in [1.82, 2.24) is 0 Å². The third-order valence-electron chi connectivity index (χ3n) is 2.47. The van der Waals surface area contributed by atoms with Crippen LogP contribution < -0.4 is 10.5 Å². The molecular formula is C11H15NO2. The van der Waals surface area contributed by atoms with E-state index in [4.69, 9.17) is 15.2 Å². The quantitative estimate of drug-likeness (QED) is 0.725. The van der Waals surface area contributed by atoms with E-state index < -0.39 is 0 Å². The molecule has 1 aromatic rings. The number of benzene rings is 1. The van der Waals surface area contributed by atoms with Gasteiger partial charge in [-0.3, -0.25) is 0 Å². The minimum atomic E-state index is 0.128. The van der Waals surface area contributed by atoms with E-state index in [0.29, 0.717) is 0 Å². The predicted octanol–water partition coefficient (Wildman–Crippen LogP) is 0.964. The summed E-state index contributed by atoms with van der Waals surface area (Å²) in [5, 5.41) is 0. The molecule has 1 aromatic carbocycles. The van der Waals surface area contributed by atoms with Crippen LogP contribution in [0.1, 0.15) is 5.56 Å². The van der Waals surface area contributed by atoms with Gasteiger partial charge >= 0.3 is 0 Å². The van der Waals surface area contributed by atoms with Gasteiger partial charge in [-0.15, -0.1) is 0 Å². The molecule has 3 nitrogen and oxygen atoms in total. The maximum absolute atomic E-state index is 5.93. The smallest absolute Gasteiger partial charge is 0.118 e. The van der Waals surface area contributed by atoms with Crippen molar-refractivity contribution >= 4 is 0 Å². The van der Waals surface area contributed by atoms with Crippen molar-refractivity contribution in [3.63, 3.8) is 0 Å². The monoisotopic (exact) mass is 193 g/mol. The second-order valence-corrected chi connectivity index (χ2v) is 3.59. The Morgan fingerprint density at radius 2 is 2.14 bits per heavy atom. The van der Waals surface area contributed by atoms with Crippen molar-refractivity contribution in [3.8, 4) is 5.75 Å². The molecule has 0 saturated carbocycles. The van der Waals surface area contributed by atoms with Crippen LogP contribution in [-0.2, 0) is 11.2 Å². The molecule has 1 saturated heterocycles. The number of hydrogen-bond acceptors (Lipinski definition) is 3. The topological polar surface area (TPSA) is 47.8 Å². The molecule has 1 heterocycles. The van der Waals surface area contributed by atoms with Crippen LogP contribution in [-0.4, -0.2) is 25.9 Å². The number of rotatable bonds is 4. The third-order valence-corrected chi connectivity index (χ3v) is 2.47. The summed E-state index contributed by atoms with van der Waals surface area (Å²) in [6, 6.07) is 8.12. The lowest BCUT2D eigenvalue weighted by Crippen LogP contribution is -2.28. The molecule has 0 aromatic heterocycles. The Hall–Kier alpha value is -1.06. The first-order valence-corrected chi connectivity index (χ1v) is 4.79. The Balaban J connectivity index is 1.95. The van der Waals surface area contributed by atoms with Crippen molar-refractivity contribution in [2.45, 2.75) is 18.6 Å². The standard InChI is InChI=1S/C11H15NO2/c1-13-9-4-2-8(3-5-9)6-10(12)11-7-14-11/h2-5,10-11H,6-7,12H2,1H3/t10-,11-/m0/s1. The maximum Gasteiger partial charge on any atom is 0.118 e. The molecular weight excluding hydrogens is 178 g/mol. The van der Waals surface area contributed by atoms with Crippen molar-refractivity contribution in [3.05, 3.63) is 29.8 Å². The van der Waals surface area contributed by atoms with Crippen LogP contribution in [0.2, 0.25) is 0 Å². The average molecular weight is 193 g/mol. The average Bonchev–Trinajstić information content (AvgIpc) is 3.02. The summed E-state index contributed by atoms with van der Waals surface area (Å²) >= 11 is 0. The molecule has 0 aliphatic carbocycles. The summed E-state index contributed by atoms with van der Waals surface area (Å²) in [5.74, 6) is 0.880. The van der Waals surface area contributed by atoms with Gasteiger partial charge in [0.05, 0.1) is 19.8 Å². The first-order valence-electron chi connectivity index (χ1n) is 4.79. The number of ether oxygens (including phenoxy) is 2. The molecule has 14 heavy (non-hydrogen) atoms. The van der Waals surface area contributed by atoms with Crippen LogP contribution in [0, 0.1) is 0 Å². The second kappa shape index (κ2) is 3.98. The number of methoxy groups -OCH3 is 1. The van der Waals surface area contributed by atoms with Crippen molar-refractivity contribution in [1.29, 1.82) is 0 Å². The van der Waals surface area contributed by atoms with E-state index in [1.807, 2.05) is 24.3 Å². The van der Waals surface area contributed by atoms with Gasteiger partial charge in [-0.25, -0.2) is 0 Å². The van der Waals surface area contributed by atoms with Crippen LogP contribution in [0.4, 0.5) is 0 Å². The van der Waals surface area contributed by atoms with Gasteiger partial charge in [0.1, 0.15) is 5.75 Å². The zero-order chi connectivity index (χ0) is 9.97. The van der Waals surface area contributed by atoms with Gasteiger partial charge in [0.15, 0.2) is 0 Å². The summed E-state index contributed by atoms with van der Waals surface area (Å²) in [5.41, 5.74) is 7.16. The molecule has 2 rings (SSSR count). The fourth-order valence-electron chi connectivity index (χ4n) is 1.47. The van der Waals surface area contributed by atoms with E-state index in [1.165, 1.54) is 5.56 Å². The van der Waals surface area contributed by atoms with Gasteiger partial charge < -0.3 is 15.2 Å². The fourth-order valence-corrected chi connectivity index (χ4v) is 1.47. The molecule has 1 aliphatic heterocycles. The molecule has 0 bridgehead atoms. The molecule has 76 valence electrons. The zero-order valence-corrected chi connectivity index (χ0v) is 8.27. The zero-order valence-electron chi connectivity index (χ0n) is 8.27. The predicted molar refractivity (Wildman–Crippen MR) is 54.4 cm³/mol. The largest absolute Gasteiger partial charge is 0.497 e. The third kappa shape index (κ3) is 2.25. The van der Waals surface area contributed by atoms with E-state index in [9.17, 15) is 0 Å². The highest BCUT2D eigenvalue weighted by atomic mass is 16.6. The molecule has 0 spiro atoms. The Bertz CT molecular complexity index is 293. The van der Waals surface area contributed by atoms with E-state index in [1.54, 1.807) is 7.11 Å². The highest BCUT2D eigenvalue weighted by Gasteiger charge is 2.29. The highest BCUT2D eigenvalue weighted by Crippen LogP contribution is 2.18. The lowest BCUT2D eigenvalue weighted by molar-refractivity contribution is 0.371. The molecule has 2 N–H and O–H groups in total. The molecule has 3 heteroatoms. The van der Waals surface area contributed by atoms with Crippen molar-refractivity contribution in [2.24, 2.45) is 5.73 Å². The van der Waals surface area contributed by atoms with Gasteiger partial charge in [-0.2, -0.15) is 0 Å². The lowest BCUT2D eigenvalue weighted by atomic mass is 10.0. The SMILES string of the molecule is COc1ccc(C[C@H](N)[C@@H]2CO2)cc1. The number of nitrogens with two attached hydrogens (primary N) is 1. The molecule has 0 amide bonds. The molecule has 2 atom stereocenters. The van der Waals surface area contributed by atoms with E-state index >= 15 is 0 Å². The first kappa shape index (κ1) is 9.49. The number of hydrogen-bond donors (Lipinski definition) is 1.